The van der Waals surface area contributed by atoms with Gasteiger partial charge in [-0.05, 0) is 35.4 Å². The van der Waals surface area contributed by atoms with Gasteiger partial charge in [0.25, 0.3) is 5.56 Å². The minimum Gasteiger partial charge on any atom is -0.493 e. The Morgan fingerprint density at radius 3 is 2.09 bits per heavy atom. The minimum atomic E-state index is -0.305. The molecule has 1 N–H and O–H groups in total. The Morgan fingerprint density at radius 2 is 1.52 bits per heavy atom. The van der Waals surface area contributed by atoms with E-state index in [1.807, 2.05) is 18.2 Å². The Hall–Kier alpha value is -2.17. The second kappa shape index (κ2) is 5.80. The number of hydrogen-bond donors (Lipinski definition) is 1. The molecule has 23 heavy (non-hydrogen) atoms. The first-order valence-electron chi connectivity index (χ1n) is 6.91. The molecule has 0 aliphatic rings. The quantitative estimate of drug-likeness (QED) is 0.758. The van der Waals surface area contributed by atoms with Gasteiger partial charge in [-0.25, -0.2) is 0 Å². The lowest BCUT2D eigenvalue weighted by Crippen LogP contribution is -2.17. The molecule has 0 bridgehead atoms. The molecule has 0 atom stereocenters. The predicted octanol–water partition coefficient (Wildman–Crippen LogP) is 4.07. The van der Waals surface area contributed by atoms with E-state index in [1.54, 1.807) is 38.4 Å². The van der Waals surface area contributed by atoms with Gasteiger partial charge >= 0.3 is 0 Å². The first-order chi connectivity index (χ1) is 10.9. The zero-order valence-corrected chi connectivity index (χ0v) is 14.1. The van der Waals surface area contributed by atoms with Crippen molar-refractivity contribution in [3.8, 4) is 28.1 Å². The van der Waals surface area contributed by atoms with E-state index < -0.39 is 0 Å². The van der Waals surface area contributed by atoms with E-state index in [0.717, 1.165) is 11.1 Å². The maximum Gasteiger partial charge on any atom is 0.278 e. The molecule has 0 aliphatic carbocycles. The van der Waals surface area contributed by atoms with Crippen molar-refractivity contribution in [2.24, 2.45) is 14.1 Å². The van der Waals surface area contributed by atoms with Gasteiger partial charge in [0.05, 0.1) is 0 Å². The third-order valence-electron chi connectivity index (χ3n) is 3.90. The van der Waals surface area contributed by atoms with Crippen LogP contribution in [0.15, 0.2) is 47.3 Å². The second-order valence-corrected chi connectivity index (χ2v) is 6.10. The van der Waals surface area contributed by atoms with E-state index in [0.29, 0.717) is 15.6 Å². The summed E-state index contributed by atoms with van der Waals surface area (Å²) in [5, 5.41) is 11.3. The Kier molecular flexibility index (Phi) is 3.96. The van der Waals surface area contributed by atoms with Crippen molar-refractivity contribution in [3.63, 3.8) is 0 Å². The molecule has 0 spiro atoms. The van der Waals surface area contributed by atoms with E-state index in [2.05, 4.69) is 0 Å². The van der Waals surface area contributed by atoms with Crippen molar-refractivity contribution in [1.29, 1.82) is 0 Å². The monoisotopic (exact) mass is 348 g/mol. The van der Waals surface area contributed by atoms with Crippen molar-refractivity contribution in [3.05, 3.63) is 62.9 Å². The average Bonchev–Trinajstić information content (AvgIpc) is 2.73. The van der Waals surface area contributed by atoms with Crippen LogP contribution in [0.1, 0.15) is 0 Å². The number of nitrogens with zero attached hydrogens (tertiary/aromatic N) is 2. The summed E-state index contributed by atoms with van der Waals surface area (Å²) < 4.78 is 2.71. The largest absolute Gasteiger partial charge is 0.493 e. The van der Waals surface area contributed by atoms with Gasteiger partial charge in [-0.1, -0.05) is 41.4 Å². The summed E-state index contributed by atoms with van der Waals surface area (Å²) in [7, 11) is 3.19. The average molecular weight is 349 g/mol. The van der Waals surface area contributed by atoms with Crippen LogP contribution >= 0.6 is 23.2 Å². The molecule has 0 fully saturated rings. The number of aromatic nitrogens is 2. The highest BCUT2D eigenvalue weighted by atomic mass is 35.5. The number of hydrogen-bond acceptors (Lipinski definition) is 2. The summed E-state index contributed by atoms with van der Waals surface area (Å²) in [4.78, 5) is 12.4. The molecule has 3 aromatic rings. The number of aromatic hydroxyl groups is 1. The Bertz CT molecular complexity index is 940. The van der Waals surface area contributed by atoms with Crippen LogP contribution in [0.3, 0.4) is 0 Å². The van der Waals surface area contributed by atoms with E-state index >= 15 is 0 Å². The molecule has 4 nitrogen and oxygen atoms in total. The number of halogens is 2. The molecule has 0 saturated carbocycles. The highest BCUT2D eigenvalue weighted by Gasteiger charge is 2.20. The van der Waals surface area contributed by atoms with E-state index in [1.165, 1.54) is 9.36 Å². The molecule has 0 radical (unpaired) electrons. The van der Waals surface area contributed by atoms with Crippen LogP contribution in [0, 0.1) is 0 Å². The number of benzene rings is 2. The smallest absolute Gasteiger partial charge is 0.278 e. The summed E-state index contributed by atoms with van der Waals surface area (Å²) >= 11 is 12.2. The van der Waals surface area contributed by atoms with Gasteiger partial charge in [0.2, 0.25) is 5.88 Å². The topological polar surface area (TPSA) is 47.2 Å². The van der Waals surface area contributed by atoms with Crippen molar-refractivity contribution in [2.75, 3.05) is 0 Å². The fraction of sp³-hybridized carbons (Fsp3) is 0.118. The highest BCUT2D eigenvalue weighted by Crippen LogP contribution is 2.35. The van der Waals surface area contributed by atoms with E-state index in [4.69, 9.17) is 23.2 Å². The molecule has 2 aromatic carbocycles. The van der Waals surface area contributed by atoms with Crippen molar-refractivity contribution < 1.29 is 5.11 Å². The van der Waals surface area contributed by atoms with Gasteiger partial charge in [-0.2, -0.15) is 0 Å². The molecule has 118 valence electrons. The molecule has 0 saturated heterocycles. The number of rotatable bonds is 2. The van der Waals surface area contributed by atoms with Crippen LogP contribution < -0.4 is 5.56 Å². The van der Waals surface area contributed by atoms with Gasteiger partial charge in [-0.15, -0.1) is 0 Å². The van der Waals surface area contributed by atoms with Crippen LogP contribution in [0.5, 0.6) is 5.88 Å². The summed E-state index contributed by atoms with van der Waals surface area (Å²) in [6.45, 7) is 0. The SMILES string of the molecule is Cn1c(O)c(-c2cc(-c3ccc(Cl)cc3)ccc2Cl)c(=O)n1C. The summed E-state index contributed by atoms with van der Waals surface area (Å²) in [6, 6.07) is 12.7. The lowest BCUT2D eigenvalue weighted by molar-refractivity contribution is 0.398. The van der Waals surface area contributed by atoms with E-state index in [9.17, 15) is 9.90 Å². The molecule has 1 aromatic heterocycles. The molecule has 6 heteroatoms. The maximum atomic E-state index is 12.4. The summed E-state index contributed by atoms with van der Waals surface area (Å²) in [5.41, 5.74) is 2.21. The van der Waals surface area contributed by atoms with Crippen LogP contribution in [0.2, 0.25) is 10.0 Å². The normalized spacial score (nSPS) is 11.0. The van der Waals surface area contributed by atoms with Crippen molar-refractivity contribution >= 4 is 23.2 Å². The van der Waals surface area contributed by atoms with Gasteiger partial charge < -0.3 is 5.11 Å². The lowest BCUT2D eigenvalue weighted by atomic mass is 10.0. The van der Waals surface area contributed by atoms with Crippen LogP contribution in [-0.2, 0) is 14.1 Å². The molecule has 0 aliphatic heterocycles. The lowest BCUT2D eigenvalue weighted by Gasteiger charge is -2.07. The van der Waals surface area contributed by atoms with E-state index in [-0.39, 0.29) is 17.0 Å². The molecular formula is C17H14Cl2N2O2. The van der Waals surface area contributed by atoms with Crippen molar-refractivity contribution in [2.45, 2.75) is 0 Å². The molecule has 0 unspecified atom stereocenters. The Morgan fingerprint density at radius 1 is 0.913 bits per heavy atom. The van der Waals surface area contributed by atoms with Gasteiger partial charge in [-0.3, -0.25) is 14.2 Å². The van der Waals surface area contributed by atoms with Gasteiger partial charge in [0, 0.05) is 29.7 Å². The Labute approximate surface area is 143 Å². The zero-order valence-electron chi connectivity index (χ0n) is 12.5. The van der Waals surface area contributed by atoms with Gasteiger partial charge in [0.15, 0.2) is 0 Å². The second-order valence-electron chi connectivity index (χ2n) is 5.25. The molecule has 0 amide bonds. The van der Waals surface area contributed by atoms with Crippen LogP contribution in [-0.4, -0.2) is 14.5 Å². The fourth-order valence-electron chi connectivity index (χ4n) is 2.47. The molecular weight excluding hydrogens is 335 g/mol. The highest BCUT2D eigenvalue weighted by molar-refractivity contribution is 6.33. The minimum absolute atomic E-state index is 0.118. The third kappa shape index (κ3) is 2.64. The fourth-order valence-corrected chi connectivity index (χ4v) is 2.81. The zero-order chi connectivity index (χ0) is 16.7. The van der Waals surface area contributed by atoms with Crippen molar-refractivity contribution in [1.82, 2.24) is 9.36 Å². The molecule has 1 heterocycles. The van der Waals surface area contributed by atoms with Gasteiger partial charge in [0.1, 0.15) is 5.56 Å². The standard InChI is InChI=1S/C17H14Cl2N2O2/c1-20-16(22)15(17(23)21(20)2)13-9-11(5-8-14(13)19)10-3-6-12(18)7-4-10/h3-9,22H,1-2H3. The first kappa shape index (κ1) is 15.7. The Balaban J connectivity index is 2.22. The summed E-state index contributed by atoms with van der Waals surface area (Å²) in [6.07, 6.45) is 0. The van der Waals surface area contributed by atoms with Crippen LogP contribution in [0.4, 0.5) is 0 Å². The summed E-state index contributed by atoms with van der Waals surface area (Å²) in [5.74, 6) is -0.118. The predicted molar refractivity (Wildman–Crippen MR) is 93.2 cm³/mol. The van der Waals surface area contributed by atoms with Crippen LogP contribution in [0.25, 0.3) is 22.3 Å². The third-order valence-corrected chi connectivity index (χ3v) is 4.48. The first-order valence-corrected chi connectivity index (χ1v) is 7.66. The molecule has 3 rings (SSSR count). The maximum absolute atomic E-state index is 12.4.